The van der Waals surface area contributed by atoms with Gasteiger partial charge in [0, 0.05) is 30.1 Å². The molecule has 2 aromatic heterocycles. The van der Waals surface area contributed by atoms with Crippen LogP contribution in [0.25, 0.3) is 11.0 Å². The minimum absolute atomic E-state index is 0.00433. The fourth-order valence-corrected chi connectivity index (χ4v) is 5.89. The molecule has 0 aliphatic carbocycles. The molecular formula is C29H33N5OS. The first-order valence-corrected chi connectivity index (χ1v) is 13.7. The van der Waals surface area contributed by atoms with Gasteiger partial charge in [-0.1, -0.05) is 55.1 Å². The quantitative estimate of drug-likeness (QED) is 0.317. The standard InChI is InChI=1S/C29H33N5OS/c1-3-33-16-6-9-25(33)17-31-28(35)23-12-10-22(11-13-23)20-36-29-32-26-14-15-30-18-27(26)34(29)19-24-8-5-4-7-21(24)2/h4-5,7-8,10-15,18,25H,3,6,9,16-17,19-20H2,1-2H3,(H,31,35)/t25-/m0/s1. The van der Waals surface area contributed by atoms with E-state index in [4.69, 9.17) is 4.98 Å². The van der Waals surface area contributed by atoms with Crippen molar-refractivity contribution in [2.24, 2.45) is 0 Å². The van der Waals surface area contributed by atoms with Gasteiger partial charge in [0.1, 0.15) is 0 Å². The molecule has 1 amide bonds. The van der Waals surface area contributed by atoms with Gasteiger partial charge in [-0.25, -0.2) is 4.98 Å². The molecule has 0 radical (unpaired) electrons. The van der Waals surface area contributed by atoms with Crippen LogP contribution in [0.1, 0.15) is 46.8 Å². The van der Waals surface area contributed by atoms with Crippen LogP contribution >= 0.6 is 11.8 Å². The van der Waals surface area contributed by atoms with Gasteiger partial charge in [0.05, 0.1) is 23.8 Å². The van der Waals surface area contributed by atoms with Gasteiger partial charge in [-0.2, -0.15) is 0 Å². The van der Waals surface area contributed by atoms with E-state index >= 15 is 0 Å². The highest BCUT2D eigenvalue weighted by atomic mass is 32.2. The van der Waals surface area contributed by atoms with E-state index in [1.807, 2.05) is 36.5 Å². The Morgan fingerprint density at radius 2 is 1.97 bits per heavy atom. The number of rotatable bonds is 9. The van der Waals surface area contributed by atoms with E-state index < -0.39 is 0 Å². The minimum atomic E-state index is 0.00433. The molecule has 1 fully saturated rings. The first kappa shape index (κ1) is 24.5. The number of imidazole rings is 1. The molecule has 36 heavy (non-hydrogen) atoms. The molecule has 0 unspecified atom stereocenters. The summed E-state index contributed by atoms with van der Waals surface area (Å²) in [5.41, 5.74) is 6.41. The molecule has 5 rings (SSSR count). The Balaban J connectivity index is 1.25. The minimum Gasteiger partial charge on any atom is -0.350 e. The number of amides is 1. The number of thioether (sulfide) groups is 1. The van der Waals surface area contributed by atoms with Gasteiger partial charge in [0.2, 0.25) is 0 Å². The number of aromatic nitrogens is 3. The molecule has 0 bridgehead atoms. The van der Waals surface area contributed by atoms with Crippen molar-refractivity contribution in [3.05, 3.63) is 89.2 Å². The number of nitrogens with one attached hydrogen (secondary N) is 1. The monoisotopic (exact) mass is 499 g/mol. The maximum atomic E-state index is 12.7. The molecule has 1 aliphatic heterocycles. The van der Waals surface area contributed by atoms with Crippen molar-refractivity contribution in [1.29, 1.82) is 0 Å². The Hall–Kier alpha value is -3.16. The summed E-state index contributed by atoms with van der Waals surface area (Å²) in [7, 11) is 0. The molecule has 6 nitrogen and oxygen atoms in total. The third kappa shape index (κ3) is 5.47. The summed E-state index contributed by atoms with van der Waals surface area (Å²) in [4.78, 5) is 24.4. The molecular weight excluding hydrogens is 466 g/mol. The van der Waals surface area contributed by atoms with E-state index in [1.54, 1.807) is 18.0 Å². The Kier molecular flexibility index (Phi) is 7.68. The average molecular weight is 500 g/mol. The van der Waals surface area contributed by atoms with Crippen LogP contribution in [-0.2, 0) is 12.3 Å². The van der Waals surface area contributed by atoms with E-state index in [0.29, 0.717) is 11.6 Å². The number of hydrogen-bond donors (Lipinski definition) is 1. The molecule has 0 saturated carbocycles. The van der Waals surface area contributed by atoms with Crippen LogP contribution in [0.3, 0.4) is 0 Å². The normalized spacial score (nSPS) is 16.0. The first-order valence-electron chi connectivity index (χ1n) is 12.7. The fourth-order valence-electron chi connectivity index (χ4n) is 4.92. The lowest BCUT2D eigenvalue weighted by Gasteiger charge is -2.22. The Bertz CT molecular complexity index is 1330. The summed E-state index contributed by atoms with van der Waals surface area (Å²) in [5.74, 6) is 0.782. The van der Waals surface area contributed by atoms with Crippen molar-refractivity contribution < 1.29 is 4.79 Å². The number of likely N-dealkylation sites (tertiary alicyclic amines) is 1. The first-order chi connectivity index (χ1) is 17.6. The van der Waals surface area contributed by atoms with Gasteiger partial charge in [0.15, 0.2) is 5.16 Å². The highest BCUT2D eigenvalue weighted by Crippen LogP contribution is 2.28. The molecule has 0 spiro atoms. The number of aryl methyl sites for hydroxylation is 1. The number of hydrogen-bond acceptors (Lipinski definition) is 5. The van der Waals surface area contributed by atoms with E-state index in [-0.39, 0.29) is 5.91 Å². The van der Waals surface area contributed by atoms with E-state index in [1.165, 1.54) is 17.5 Å². The lowest BCUT2D eigenvalue weighted by atomic mass is 10.1. The number of nitrogens with zero attached hydrogens (tertiary/aromatic N) is 4. The Morgan fingerprint density at radius 3 is 2.78 bits per heavy atom. The summed E-state index contributed by atoms with van der Waals surface area (Å²) in [5, 5.41) is 4.10. The highest BCUT2D eigenvalue weighted by Gasteiger charge is 2.23. The lowest BCUT2D eigenvalue weighted by Crippen LogP contribution is -2.40. The van der Waals surface area contributed by atoms with Crippen molar-refractivity contribution >= 4 is 28.7 Å². The van der Waals surface area contributed by atoms with Crippen molar-refractivity contribution in [2.75, 3.05) is 19.6 Å². The molecule has 4 aromatic rings. The van der Waals surface area contributed by atoms with Crippen LogP contribution in [0.15, 0.2) is 72.1 Å². The predicted octanol–water partition coefficient (Wildman–Crippen LogP) is 5.29. The second-order valence-corrected chi connectivity index (χ2v) is 10.3. The summed E-state index contributed by atoms with van der Waals surface area (Å²) >= 11 is 1.71. The molecule has 1 atom stereocenters. The van der Waals surface area contributed by atoms with Gasteiger partial charge in [-0.3, -0.25) is 14.7 Å². The SMILES string of the molecule is CCN1CCC[C@H]1CNC(=O)c1ccc(CSc2nc3ccncc3n2Cc2ccccc2C)cc1. The number of likely N-dealkylation sites (N-methyl/N-ethyl adjacent to an activating group) is 1. The van der Waals surface area contributed by atoms with Crippen LogP contribution in [0.5, 0.6) is 0 Å². The van der Waals surface area contributed by atoms with E-state index in [0.717, 1.165) is 60.1 Å². The number of carbonyl (C=O) groups excluding carboxylic acids is 1. The van der Waals surface area contributed by atoms with Crippen molar-refractivity contribution in [3.63, 3.8) is 0 Å². The van der Waals surface area contributed by atoms with Gasteiger partial charge in [-0.15, -0.1) is 0 Å². The van der Waals surface area contributed by atoms with Gasteiger partial charge < -0.3 is 9.88 Å². The van der Waals surface area contributed by atoms with Crippen molar-refractivity contribution in [3.8, 4) is 0 Å². The molecule has 3 heterocycles. The zero-order valence-electron chi connectivity index (χ0n) is 21.0. The highest BCUT2D eigenvalue weighted by molar-refractivity contribution is 7.98. The molecule has 186 valence electrons. The van der Waals surface area contributed by atoms with E-state index in [9.17, 15) is 4.79 Å². The van der Waals surface area contributed by atoms with Crippen LogP contribution in [0, 0.1) is 6.92 Å². The number of fused-ring (bicyclic) bond motifs is 1. The predicted molar refractivity (Wildman–Crippen MR) is 146 cm³/mol. The zero-order chi connectivity index (χ0) is 24.9. The summed E-state index contributed by atoms with van der Waals surface area (Å²) in [6, 6.07) is 18.8. The largest absolute Gasteiger partial charge is 0.350 e. The number of carbonyl (C=O) groups is 1. The van der Waals surface area contributed by atoms with Crippen LogP contribution in [-0.4, -0.2) is 51.0 Å². The fraction of sp³-hybridized carbons (Fsp3) is 0.345. The second-order valence-electron chi connectivity index (χ2n) is 9.39. The van der Waals surface area contributed by atoms with Crippen molar-refractivity contribution in [1.82, 2.24) is 24.8 Å². The van der Waals surface area contributed by atoms with Gasteiger partial charge in [-0.05, 0) is 67.7 Å². The molecule has 2 aromatic carbocycles. The molecule has 7 heteroatoms. The maximum absolute atomic E-state index is 12.7. The number of pyridine rings is 1. The van der Waals surface area contributed by atoms with Crippen LogP contribution in [0.2, 0.25) is 0 Å². The Morgan fingerprint density at radius 1 is 1.14 bits per heavy atom. The summed E-state index contributed by atoms with van der Waals surface area (Å²) < 4.78 is 2.25. The maximum Gasteiger partial charge on any atom is 0.251 e. The van der Waals surface area contributed by atoms with Crippen LogP contribution < -0.4 is 5.32 Å². The summed E-state index contributed by atoms with van der Waals surface area (Å²) in [6.45, 7) is 7.99. The average Bonchev–Trinajstić information content (AvgIpc) is 3.51. The topological polar surface area (TPSA) is 63.1 Å². The molecule has 1 saturated heterocycles. The van der Waals surface area contributed by atoms with Crippen molar-refractivity contribution in [2.45, 2.75) is 50.2 Å². The van der Waals surface area contributed by atoms with Gasteiger partial charge in [0.25, 0.3) is 5.91 Å². The molecule has 1 aliphatic rings. The lowest BCUT2D eigenvalue weighted by molar-refractivity contribution is 0.0941. The second kappa shape index (κ2) is 11.3. The Labute approximate surface area is 217 Å². The smallest absolute Gasteiger partial charge is 0.251 e. The zero-order valence-corrected chi connectivity index (χ0v) is 21.8. The number of benzene rings is 2. The van der Waals surface area contributed by atoms with E-state index in [2.05, 4.69) is 57.9 Å². The van der Waals surface area contributed by atoms with Crippen LogP contribution in [0.4, 0.5) is 0 Å². The summed E-state index contributed by atoms with van der Waals surface area (Å²) in [6.07, 6.45) is 6.06. The third-order valence-corrected chi connectivity index (χ3v) is 8.14. The van der Waals surface area contributed by atoms with Gasteiger partial charge >= 0.3 is 0 Å². The third-order valence-electron chi connectivity index (χ3n) is 7.09. The molecule has 1 N–H and O–H groups in total.